The third kappa shape index (κ3) is 2.85. The van der Waals surface area contributed by atoms with Crippen molar-refractivity contribution in [2.24, 2.45) is 0 Å². The summed E-state index contributed by atoms with van der Waals surface area (Å²) >= 11 is 0. The fourth-order valence-electron chi connectivity index (χ4n) is 1.23. The van der Waals surface area contributed by atoms with Crippen LogP contribution in [0.1, 0.15) is 12.6 Å². The van der Waals surface area contributed by atoms with E-state index in [4.69, 9.17) is 0 Å². The molecule has 0 unspecified atom stereocenters. The minimum absolute atomic E-state index is 0.0165. The van der Waals surface area contributed by atoms with Gasteiger partial charge in [0.1, 0.15) is 6.54 Å². The van der Waals surface area contributed by atoms with E-state index in [0.29, 0.717) is 13.1 Å². The van der Waals surface area contributed by atoms with Crippen molar-refractivity contribution in [3.05, 3.63) is 18.2 Å². The van der Waals surface area contributed by atoms with Gasteiger partial charge in [-0.2, -0.15) is 0 Å². The molecule has 0 radical (unpaired) electrons. The van der Waals surface area contributed by atoms with E-state index in [2.05, 4.69) is 15.6 Å². The minimum atomic E-state index is 0.0165. The summed E-state index contributed by atoms with van der Waals surface area (Å²) in [5, 5.41) is 5.77. The maximum atomic E-state index is 11.3. The van der Waals surface area contributed by atoms with Crippen LogP contribution in [-0.2, 0) is 17.9 Å². The lowest BCUT2D eigenvalue weighted by molar-refractivity contribution is -0.121. The van der Waals surface area contributed by atoms with Gasteiger partial charge in [0.25, 0.3) is 0 Å². The zero-order valence-corrected chi connectivity index (χ0v) is 8.58. The van der Waals surface area contributed by atoms with Crippen LogP contribution in [0.25, 0.3) is 0 Å². The molecule has 0 saturated carbocycles. The molecule has 5 heteroatoms. The largest absolute Gasteiger partial charge is 0.355 e. The molecule has 0 aromatic carbocycles. The van der Waals surface area contributed by atoms with Crippen molar-refractivity contribution < 1.29 is 4.79 Å². The zero-order chi connectivity index (χ0) is 10.4. The first-order valence-corrected chi connectivity index (χ1v) is 4.68. The van der Waals surface area contributed by atoms with Crippen LogP contribution in [0, 0.1) is 0 Å². The standard InChI is InChI=1S/C9H16N4O/c1-3-12-9(14)6-13-7-11-5-8(13)4-10-2/h5,7,10H,3-4,6H2,1-2H3,(H,12,14). The van der Waals surface area contributed by atoms with Crippen LogP contribution in [0.4, 0.5) is 0 Å². The summed E-state index contributed by atoms with van der Waals surface area (Å²) in [4.78, 5) is 15.3. The van der Waals surface area contributed by atoms with Crippen LogP contribution in [0.3, 0.4) is 0 Å². The maximum Gasteiger partial charge on any atom is 0.239 e. The van der Waals surface area contributed by atoms with E-state index >= 15 is 0 Å². The molecule has 1 heterocycles. The van der Waals surface area contributed by atoms with Crippen molar-refractivity contribution in [1.82, 2.24) is 20.2 Å². The van der Waals surface area contributed by atoms with Gasteiger partial charge in [-0.25, -0.2) is 4.98 Å². The summed E-state index contributed by atoms with van der Waals surface area (Å²) in [5.41, 5.74) is 1.01. The Morgan fingerprint density at radius 3 is 3.07 bits per heavy atom. The molecule has 0 aliphatic heterocycles. The highest BCUT2D eigenvalue weighted by Gasteiger charge is 2.04. The van der Waals surface area contributed by atoms with E-state index in [1.165, 1.54) is 0 Å². The lowest BCUT2D eigenvalue weighted by Gasteiger charge is -2.07. The highest BCUT2D eigenvalue weighted by Crippen LogP contribution is 1.97. The second-order valence-electron chi connectivity index (χ2n) is 3.00. The Labute approximate surface area is 83.5 Å². The molecule has 0 atom stereocenters. The van der Waals surface area contributed by atoms with E-state index in [0.717, 1.165) is 12.2 Å². The Morgan fingerprint density at radius 2 is 2.43 bits per heavy atom. The highest BCUT2D eigenvalue weighted by molar-refractivity contribution is 5.75. The number of carbonyl (C=O) groups is 1. The molecule has 0 spiro atoms. The Kier molecular flexibility index (Phi) is 4.12. The van der Waals surface area contributed by atoms with Gasteiger partial charge in [-0.3, -0.25) is 4.79 Å². The Morgan fingerprint density at radius 1 is 1.64 bits per heavy atom. The summed E-state index contributed by atoms with van der Waals surface area (Å²) in [6.07, 6.45) is 3.43. The molecule has 14 heavy (non-hydrogen) atoms. The number of nitrogens with zero attached hydrogens (tertiary/aromatic N) is 2. The summed E-state index contributed by atoms with van der Waals surface area (Å²) < 4.78 is 1.83. The van der Waals surface area contributed by atoms with E-state index in [-0.39, 0.29) is 5.91 Å². The molecular formula is C9H16N4O. The van der Waals surface area contributed by atoms with Crippen LogP contribution in [0.2, 0.25) is 0 Å². The van der Waals surface area contributed by atoms with Gasteiger partial charge in [-0.1, -0.05) is 0 Å². The molecule has 1 amide bonds. The van der Waals surface area contributed by atoms with E-state index < -0.39 is 0 Å². The summed E-state index contributed by atoms with van der Waals surface area (Å²) in [7, 11) is 1.86. The number of hydrogen-bond acceptors (Lipinski definition) is 3. The number of likely N-dealkylation sites (N-methyl/N-ethyl adjacent to an activating group) is 1. The minimum Gasteiger partial charge on any atom is -0.355 e. The molecule has 0 aliphatic rings. The van der Waals surface area contributed by atoms with Gasteiger partial charge >= 0.3 is 0 Å². The number of hydrogen-bond donors (Lipinski definition) is 2. The van der Waals surface area contributed by atoms with Crippen molar-refractivity contribution in [2.45, 2.75) is 20.0 Å². The van der Waals surface area contributed by atoms with Gasteiger partial charge in [0, 0.05) is 19.3 Å². The SMILES string of the molecule is CCNC(=O)Cn1cncc1CNC. The van der Waals surface area contributed by atoms with Gasteiger partial charge in [-0.15, -0.1) is 0 Å². The molecule has 0 saturated heterocycles. The quantitative estimate of drug-likeness (QED) is 0.682. The van der Waals surface area contributed by atoms with E-state index in [1.54, 1.807) is 12.5 Å². The molecule has 5 nitrogen and oxygen atoms in total. The van der Waals surface area contributed by atoms with Crippen LogP contribution in [0.15, 0.2) is 12.5 Å². The third-order valence-electron chi connectivity index (χ3n) is 1.84. The predicted molar refractivity (Wildman–Crippen MR) is 53.7 cm³/mol. The van der Waals surface area contributed by atoms with Crippen LogP contribution < -0.4 is 10.6 Å². The van der Waals surface area contributed by atoms with Crippen molar-refractivity contribution in [3.63, 3.8) is 0 Å². The molecular weight excluding hydrogens is 180 g/mol. The molecule has 0 aliphatic carbocycles. The fraction of sp³-hybridized carbons (Fsp3) is 0.556. The van der Waals surface area contributed by atoms with Crippen LogP contribution in [0.5, 0.6) is 0 Å². The highest BCUT2D eigenvalue weighted by atomic mass is 16.1. The Bertz CT molecular complexity index is 295. The molecule has 78 valence electrons. The van der Waals surface area contributed by atoms with Crippen molar-refractivity contribution >= 4 is 5.91 Å². The van der Waals surface area contributed by atoms with Gasteiger partial charge in [0.15, 0.2) is 0 Å². The number of nitrogens with one attached hydrogen (secondary N) is 2. The lowest BCUT2D eigenvalue weighted by Crippen LogP contribution is -2.28. The van der Waals surface area contributed by atoms with Crippen LogP contribution in [-0.4, -0.2) is 29.1 Å². The van der Waals surface area contributed by atoms with Crippen molar-refractivity contribution in [2.75, 3.05) is 13.6 Å². The molecule has 1 aromatic rings. The first kappa shape index (κ1) is 10.7. The van der Waals surface area contributed by atoms with Crippen molar-refractivity contribution in [3.8, 4) is 0 Å². The van der Waals surface area contributed by atoms with Gasteiger partial charge in [0.2, 0.25) is 5.91 Å². The molecule has 0 bridgehead atoms. The smallest absolute Gasteiger partial charge is 0.239 e. The van der Waals surface area contributed by atoms with Crippen molar-refractivity contribution in [1.29, 1.82) is 0 Å². The number of amides is 1. The van der Waals surface area contributed by atoms with Gasteiger partial charge in [-0.05, 0) is 14.0 Å². The van der Waals surface area contributed by atoms with Gasteiger partial charge < -0.3 is 15.2 Å². The summed E-state index contributed by atoms with van der Waals surface area (Å²) in [6, 6.07) is 0. The zero-order valence-electron chi connectivity index (χ0n) is 8.58. The maximum absolute atomic E-state index is 11.3. The van der Waals surface area contributed by atoms with E-state index in [9.17, 15) is 4.79 Å². The second kappa shape index (κ2) is 5.39. The summed E-state index contributed by atoms with van der Waals surface area (Å²) in [6.45, 7) is 3.62. The normalized spacial score (nSPS) is 10.1. The molecule has 1 rings (SSSR count). The number of rotatable bonds is 5. The van der Waals surface area contributed by atoms with E-state index in [1.807, 2.05) is 18.5 Å². The number of aromatic nitrogens is 2. The van der Waals surface area contributed by atoms with Crippen LogP contribution >= 0.6 is 0 Å². The molecule has 0 fully saturated rings. The Hall–Kier alpha value is -1.36. The first-order chi connectivity index (χ1) is 6.77. The predicted octanol–water partition coefficient (Wildman–Crippen LogP) is -0.261. The second-order valence-corrected chi connectivity index (χ2v) is 3.00. The molecule has 1 aromatic heterocycles. The number of imidazole rings is 1. The lowest BCUT2D eigenvalue weighted by atomic mass is 10.4. The third-order valence-corrected chi connectivity index (χ3v) is 1.84. The summed E-state index contributed by atoms with van der Waals surface area (Å²) in [5.74, 6) is 0.0165. The fourth-order valence-corrected chi connectivity index (χ4v) is 1.23. The monoisotopic (exact) mass is 196 g/mol. The Balaban J connectivity index is 2.56. The number of carbonyl (C=O) groups excluding carboxylic acids is 1. The average molecular weight is 196 g/mol. The molecule has 2 N–H and O–H groups in total. The first-order valence-electron chi connectivity index (χ1n) is 4.68. The topological polar surface area (TPSA) is 59.0 Å². The van der Waals surface area contributed by atoms with Gasteiger partial charge in [0.05, 0.1) is 12.0 Å². The average Bonchev–Trinajstić information content (AvgIpc) is 2.54.